The average Bonchev–Trinajstić information content (AvgIpc) is 2.92. The molecule has 106 valence electrons. The molecule has 1 saturated carbocycles. The van der Waals surface area contributed by atoms with Gasteiger partial charge in [-0.05, 0) is 43.9 Å². The van der Waals surface area contributed by atoms with Crippen LogP contribution < -0.4 is 5.73 Å². The fourth-order valence-electron chi connectivity index (χ4n) is 2.52. The van der Waals surface area contributed by atoms with Crippen LogP contribution in [0.4, 0.5) is 4.39 Å². The summed E-state index contributed by atoms with van der Waals surface area (Å²) in [5.74, 6) is 0.886. The smallest absolute Gasteiger partial charge is 0.230 e. The van der Waals surface area contributed by atoms with E-state index in [2.05, 4.69) is 10.1 Å². The second kappa shape index (κ2) is 5.50. The van der Waals surface area contributed by atoms with Gasteiger partial charge in [0.2, 0.25) is 11.7 Å². The minimum absolute atomic E-state index is 0.0532. The van der Waals surface area contributed by atoms with Crippen molar-refractivity contribution < 1.29 is 8.91 Å². The lowest BCUT2D eigenvalue weighted by Gasteiger charge is -2.22. The maximum Gasteiger partial charge on any atom is 0.230 e. The summed E-state index contributed by atoms with van der Waals surface area (Å²) in [6, 6.07) is 4.67. The number of nitrogens with two attached hydrogens (primary N) is 1. The Morgan fingerprint density at radius 2 is 2.00 bits per heavy atom. The molecule has 2 aromatic rings. The highest BCUT2D eigenvalue weighted by Crippen LogP contribution is 2.32. The zero-order valence-electron chi connectivity index (χ0n) is 10.9. The van der Waals surface area contributed by atoms with Crippen molar-refractivity contribution in [3.05, 3.63) is 34.9 Å². The van der Waals surface area contributed by atoms with Crippen LogP contribution in [-0.2, 0) is 0 Å². The molecule has 1 aromatic heterocycles. The van der Waals surface area contributed by atoms with Crippen LogP contribution >= 0.6 is 11.6 Å². The molecule has 2 N–H and O–H groups in total. The minimum atomic E-state index is -0.458. The number of halogens is 2. The van der Waals surface area contributed by atoms with Gasteiger partial charge in [-0.15, -0.1) is 0 Å². The summed E-state index contributed by atoms with van der Waals surface area (Å²) in [6.07, 6.45) is 3.88. The second-order valence-corrected chi connectivity index (χ2v) is 5.60. The highest BCUT2D eigenvalue weighted by atomic mass is 35.5. The summed E-state index contributed by atoms with van der Waals surface area (Å²) >= 11 is 5.76. The van der Waals surface area contributed by atoms with E-state index < -0.39 is 5.82 Å². The maximum atomic E-state index is 13.1. The molecule has 20 heavy (non-hydrogen) atoms. The van der Waals surface area contributed by atoms with Gasteiger partial charge in [0.05, 0.1) is 5.02 Å². The molecule has 0 bridgehead atoms. The lowest BCUT2D eigenvalue weighted by molar-refractivity contribution is 0.301. The number of aromatic nitrogens is 2. The van der Waals surface area contributed by atoms with Crippen LogP contribution in [0.3, 0.4) is 0 Å². The van der Waals surface area contributed by atoms with Crippen LogP contribution in [0.25, 0.3) is 11.4 Å². The van der Waals surface area contributed by atoms with Gasteiger partial charge in [-0.25, -0.2) is 4.39 Å². The molecular formula is C14H15ClFN3O. The van der Waals surface area contributed by atoms with Crippen molar-refractivity contribution in [1.29, 1.82) is 0 Å². The molecule has 0 spiro atoms. The lowest BCUT2D eigenvalue weighted by atomic mass is 9.86. The van der Waals surface area contributed by atoms with Crippen molar-refractivity contribution in [3.63, 3.8) is 0 Å². The third-order valence-electron chi connectivity index (χ3n) is 3.74. The van der Waals surface area contributed by atoms with E-state index in [0.717, 1.165) is 25.7 Å². The Morgan fingerprint density at radius 1 is 1.25 bits per heavy atom. The number of rotatable bonds is 2. The first-order valence-corrected chi connectivity index (χ1v) is 7.06. The summed E-state index contributed by atoms with van der Waals surface area (Å²) in [6.45, 7) is 0. The number of benzene rings is 1. The van der Waals surface area contributed by atoms with Crippen molar-refractivity contribution in [2.45, 2.75) is 37.6 Å². The Balaban J connectivity index is 1.81. The van der Waals surface area contributed by atoms with E-state index in [1.807, 2.05) is 0 Å². The highest BCUT2D eigenvalue weighted by molar-refractivity contribution is 6.31. The topological polar surface area (TPSA) is 64.9 Å². The molecule has 0 saturated heterocycles. The number of hydrogen-bond acceptors (Lipinski definition) is 4. The molecule has 1 aliphatic carbocycles. The Bertz CT molecular complexity index is 608. The molecule has 0 radical (unpaired) electrons. The zero-order valence-corrected chi connectivity index (χ0v) is 11.6. The van der Waals surface area contributed by atoms with Gasteiger partial charge in [-0.2, -0.15) is 4.98 Å². The van der Waals surface area contributed by atoms with Crippen molar-refractivity contribution >= 4 is 11.6 Å². The van der Waals surface area contributed by atoms with Gasteiger partial charge in [0.25, 0.3) is 0 Å². The van der Waals surface area contributed by atoms with Crippen LogP contribution in [0.1, 0.15) is 37.5 Å². The quantitative estimate of drug-likeness (QED) is 0.920. The van der Waals surface area contributed by atoms with Crippen molar-refractivity contribution in [2.75, 3.05) is 0 Å². The third kappa shape index (κ3) is 2.69. The molecule has 1 heterocycles. The largest absolute Gasteiger partial charge is 0.339 e. The Kier molecular flexibility index (Phi) is 3.72. The van der Waals surface area contributed by atoms with E-state index in [1.165, 1.54) is 12.1 Å². The molecule has 0 atom stereocenters. The Hall–Kier alpha value is -1.46. The van der Waals surface area contributed by atoms with Gasteiger partial charge in [-0.1, -0.05) is 16.8 Å². The molecular weight excluding hydrogens is 281 g/mol. The lowest BCUT2D eigenvalue weighted by Crippen LogP contribution is -2.25. The van der Waals surface area contributed by atoms with Gasteiger partial charge >= 0.3 is 0 Å². The third-order valence-corrected chi connectivity index (χ3v) is 4.03. The summed E-state index contributed by atoms with van der Waals surface area (Å²) in [5.41, 5.74) is 6.54. The van der Waals surface area contributed by atoms with Crippen LogP contribution in [0.5, 0.6) is 0 Å². The van der Waals surface area contributed by atoms with E-state index >= 15 is 0 Å². The van der Waals surface area contributed by atoms with Crippen LogP contribution in [0.15, 0.2) is 22.7 Å². The van der Waals surface area contributed by atoms with E-state index in [4.69, 9.17) is 21.9 Å². The molecule has 0 amide bonds. The first-order chi connectivity index (χ1) is 9.63. The summed E-state index contributed by atoms with van der Waals surface area (Å²) in [5, 5.41) is 4.01. The normalized spacial score (nSPS) is 22.9. The standard InChI is InChI=1S/C14H15ClFN3O/c15-11-7-9(3-6-12(11)16)13-18-14(20-19-13)8-1-4-10(17)5-2-8/h3,6-8,10H,1-2,4-5,17H2. The molecule has 4 nitrogen and oxygen atoms in total. The van der Waals surface area contributed by atoms with E-state index in [0.29, 0.717) is 17.3 Å². The average molecular weight is 296 g/mol. The predicted molar refractivity (Wildman–Crippen MR) is 73.9 cm³/mol. The van der Waals surface area contributed by atoms with Crippen LogP contribution in [0.2, 0.25) is 5.02 Å². The zero-order chi connectivity index (χ0) is 14.1. The fraction of sp³-hybridized carbons (Fsp3) is 0.429. The molecule has 0 unspecified atom stereocenters. The van der Waals surface area contributed by atoms with Crippen molar-refractivity contribution in [2.24, 2.45) is 5.73 Å². The number of hydrogen-bond donors (Lipinski definition) is 1. The predicted octanol–water partition coefficient (Wildman–Crippen LogP) is 3.51. The van der Waals surface area contributed by atoms with E-state index in [1.54, 1.807) is 6.07 Å². The van der Waals surface area contributed by atoms with Gasteiger partial charge in [0, 0.05) is 17.5 Å². The van der Waals surface area contributed by atoms with Gasteiger partial charge in [0.1, 0.15) is 5.82 Å². The van der Waals surface area contributed by atoms with Crippen molar-refractivity contribution in [1.82, 2.24) is 10.1 Å². The monoisotopic (exact) mass is 295 g/mol. The molecule has 3 rings (SSSR count). The molecule has 0 aliphatic heterocycles. The minimum Gasteiger partial charge on any atom is -0.339 e. The molecule has 1 aliphatic rings. The van der Waals surface area contributed by atoms with Gasteiger partial charge in [-0.3, -0.25) is 0 Å². The van der Waals surface area contributed by atoms with E-state index in [-0.39, 0.29) is 17.0 Å². The first-order valence-electron chi connectivity index (χ1n) is 6.68. The highest BCUT2D eigenvalue weighted by Gasteiger charge is 2.25. The second-order valence-electron chi connectivity index (χ2n) is 5.20. The van der Waals surface area contributed by atoms with Crippen LogP contribution in [0, 0.1) is 5.82 Å². The van der Waals surface area contributed by atoms with Crippen LogP contribution in [-0.4, -0.2) is 16.2 Å². The summed E-state index contributed by atoms with van der Waals surface area (Å²) < 4.78 is 18.5. The Labute approximate surface area is 121 Å². The van der Waals surface area contributed by atoms with E-state index in [9.17, 15) is 4.39 Å². The maximum absolute atomic E-state index is 13.1. The SMILES string of the molecule is NC1CCC(c2nc(-c3ccc(F)c(Cl)c3)no2)CC1. The Morgan fingerprint density at radius 3 is 2.70 bits per heavy atom. The fourth-order valence-corrected chi connectivity index (χ4v) is 2.70. The van der Waals surface area contributed by atoms with Gasteiger partial charge in [0.15, 0.2) is 0 Å². The van der Waals surface area contributed by atoms with Crippen molar-refractivity contribution in [3.8, 4) is 11.4 Å². The molecule has 1 fully saturated rings. The molecule has 1 aromatic carbocycles. The number of nitrogens with zero attached hydrogens (tertiary/aromatic N) is 2. The summed E-state index contributed by atoms with van der Waals surface area (Å²) in [4.78, 5) is 4.40. The van der Waals surface area contributed by atoms with Gasteiger partial charge < -0.3 is 10.3 Å². The first kappa shape index (κ1) is 13.5. The molecule has 6 heteroatoms. The summed E-state index contributed by atoms with van der Waals surface area (Å²) in [7, 11) is 0.